The van der Waals surface area contributed by atoms with Gasteiger partial charge in [0.2, 0.25) is 0 Å². The lowest BCUT2D eigenvalue weighted by atomic mass is 10.2. The first kappa shape index (κ1) is 9.21. The van der Waals surface area contributed by atoms with Gasteiger partial charge in [-0.3, -0.25) is 0 Å². The lowest BCUT2D eigenvalue weighted by Crippen LogP contribution is -2.11. The summed E-state index contributed by atoms with van der Waals surface area (Å²) in [4.78, 5) is 7.59. The minimum Gasteiger partial charge on any atom is -0.342 e. The molecule has 2 aromatic rings. The first-order chi connectivity index (χ1) is 6.79. The van der Waals surface area contributed by atoms with Gasteiger partial charge >= 0.3 is 0 Å². The van der Waals surface area contributed by atoms with E-state index < -0.39 is 0 Å². The Morgan fingerprint density at radius 1 is 1.43 bits per heavy atom. The van der Waals surface area contributed by atoms with E-state index in [9.17, 15) is 0 Å². The molecule has 0 fully saturated rings. The summed E-state index contributed by atoms with van der Waals surface area (Å²) in [6, 6.07) is 6.33. The van der Waals surface area contributed by atoms with Gasteiger partial charge in [0.25, 0.3) is 0 Å². The van der Waals surface area contributed by atoms with Crippen LogP contribution in [0.1, 0.15) is 18.3 Å². The Balaban J connectivity index is 2.31. The number of aromatic amines is 1. The third-order valence-corrected chi connectivity index (χ3v) is 2.24. The van der Waals surface area contributed by atoms with Crippen molar-refractivity contribution < 1.29 is 0 Å². The molecule has 0 aliphatic rings. The van der Waals surface area contributed by atoms with Gasteiger partial charge in [-0.1, -0.05) is 13.0 Å². The van der Waals surface area contributed by atoms with Crippen LogP contribution in [-0.4, -0.2) is 16.5 Å². The smallest absolute Gasteiger partial charge is 0.104 e. The molecule has 0 bridgehead atoms. The monoisotopic (exact) mass is 189 g/mol. The minimum absolute atomic E-state index is 0.921. The number of aromatic nitrogens is 2. The summed E-state index contributed by atoms with van der Waals surface area (Å²) < 4.78 is 0. The van der Waals surface area contributed by atoms with E-state index in [1.54, 1.807) is 0 Å². The first-order valence-electron chi connectivity index (χ1n) is 4.95. The number of nitrogens with one attached hydrogen (secondary N) is 2. The molecular weight excluding hydrogens is 174 g/mol. The summed E-state index contributed by atoms with van der Waals surface area (Å²) >= 11 is 0. The maximum absolute atomic E-state index is 4.36. The molecule has 0 radical (unpaired) electrons. The van der Waals surface area contributed by atoms with Crippen LogP contribution in [0.5, 0.6) is 0 Å². The van der Waals surface area contributed by atoms with Crippen LogP contribution >= 0.6 is 0 Å². The van der Waals surface area contributed by atoms with E-state index in [0.29, 0.717) is 0 Å². The van der Waals surface area contributed by atoms with Crippen molar-refractivity contribution in [2.24, 2.45) is 0 Å². The predicted octanol–water partition coefficient (Wildman–Crippen LogP) is 1.98. The van der Waals surface area contributed by atoms with Crippen molar-refractivity contribution in [3.05, 3.63) is 29.6 Å². The first-order valence-corrected chi connectivity index (χ1v) is 4.95. The number of nitrogens with zero attached hydrogens (tertiary/aromatic N) is 1. The minimum atomic E-state index is 0.921. The molecule has 0 aliphatic heterocycles. The molecule has 2 rings (SSSR count). The highest BCUT2D eigenvalue weighted by atomic mass is 14.9. The summed E-state index contributed by atoms with van der Waals surface area (Å²) in [7, 11) is 0. The van der Waals surface area contributed by atoms with Crippen LogP contribution in [0.2, 0.25) is 0 Å². The zero-order chi connectivity index (χ0) is 9.97. The Hall–Kier alpha value is -1.35. The number of H-pyrrole nitrogens is 1. The van der Waals surface area contributed by atoms with Crippen molar-refractivity contribution in [3.8, 4) is 0 Å². The van der Waals surface area contributed by atoms with Crippen LogP contribution in [0.4, 0.5) is 0 Å². The second-order valence-corrected chi connectivity index (χ2v) is 3.45. The lowest BCUT2D eigenvalue weighted by molar-refractivity contribution is 0.727. The van der Waals surface area contributed by atoms with Crippen molar-refractivity contribution >= 4 is 11.0 Å². The second kappa shape index (κ2) is 3.80. The number of imidazole rings is 1. The number of aryl methyl sites for hydroxylation is 1. The fraction of sp³-hybridized carbons (Fsp3) is 0.364. The molecular formula is C11H15N3. The maximum Gasteiger partial charge on any atom is 0.104 e. The van der Waals surface area contributed by atoms with Gasteiger partial charge in [-0.05, 0) is 31.2 Å². The number of hydrogen-bond donors (Lipinski definition) is 2. The van der Waals surface area contributed by atoms with E-state index in [1.807, 2.05) is 6.92 Å². The third-order valence-electron chi connectivity index (χ3n) is 2.24. The summed E-state index contributed by atoms with van der Waals surface area (Å²) in [6.07, 6.45) is 0. The molecule has 0 spiro atoms. The lowest BCUT2D eigenvalue weighted by Gasteiger charge is -2.00. The standard InChI is InChI=1S/C11H15N3/c1-3-12-7-9-4-5-10-11(6-9)14-8(2)13-10/h4-6,12H,3,7H2,1-2H3,(H,13,14). The average Bonchev–Trinajstić information content (AvgIpc) is 2.54. The molecule has 0 saturated heterocycles. The normalized spacial score (nSPS) is 11.0. The third kappa shape index (κ3) is 1.77. The van der Waals surface area contributed by atoms with E-state index in [1.165, 1.54) is 5.56 Å². The quantitative estimate of drug-likeness (QED) is 0.775. The summed E-state index contributed by atoms with van der Waals surface area (Å²) in [5.74, 6) is 0.973. The predicted molar refractivity (Wildman–Crippen MR) is 58.2 cm³/mol. The van der Waals surface area contributed by atoms with Crippen molar-refractivity contribution in [2.45, 2.75) is 20.4 Å². The Bertz CT molecular complexity index is 431. The highest BCUT2D eigenvalue weighted by Crippen LogP contribution is 2.13. The van der Waals surface area contributed by atoms with Crippen LogP contribution in [0, 0.1) is 6.92 Å². The number of benzene rings is 1. The van der Waals surface area contributed by atoms with Crippen LogP contribution in [0.25, 0.3) is 11.0 Å². The zero-order valence-electron chi connectivity index (χ0n) is 8.59. The van der Waals surface area contributed by atoms with Crippen LogP contribution in [-0.2, 0) is 6.54 Å². The van der Waals surface area contributed by atoms with E-state index in [4.69, 9.17) is 0 Å². The molecule has 0 aliphatic carbocycles. The van der Waals surface area contributed by atoms with E-state index >= 15 is 0 Å². The molecule has 0 atom stereocenters. The molecule has 2 N–H and O–H groups in total. The van der Waals surface area contributed by atoms with Gasteiger partial charge in [0.15, 0.2) is 0 Å². The Labute approximate surface area is 83.6 Å². The van der Waals surface area contributed by atoms with Gasteiger partial charge in [-0.25, -0.2) is 4.98 Å². The fourth-order valence-electron chi connectivity index (χ4n) is 1.56. The van der Waals surface area contributed by atoms with Gasteiger partial charge in [-0.15, -0.1) is 0 Å². The molecule has 0 amide bonds. The molecule has 0 saturated carbocycles. The van der Waals surface area contributed by atoms with E-state index in [0.717, 1.165) is 29.9 Å². The summed E-state index contributed by atoms with van der Waals surface area (Å²) in [6.45, 7) is 6.01. The number of rotatable bonds is 3. The fourth-order valence-corrected chi connectivity index (χ4v) is 1.56. The van der Waals surface area contributed by atoms with Crippen LogP contribution in [0.3, 0.4) is 0 Å². The van der Waals surface area contributed by atoms with Crippen molar-refractivity contribution in [1.82, 2.24) is 15.3 Å². The highest BCUT2D eigenvalue weighted by molar-refractivity contribution is 5.75. The van der Waals surface area contributed by atoms with Crippen molar-refractivity contribution in [1.29, 1.82) is 0 Å². The largest absolute Gasteiger partial charge is 0.342 e. The Morgan fingerprint density at radius 2 is 2.29 bits per heavy atom. The summed E-state index contributed by atoms with van der Waals surface area (Å²) in [5, 5.41) is 3.30. The SMILES string of the molecule is CCNCc1ccc2nc(C)[nH]c2c1. The van der Waals surface area contributed by atoms with Gasteiger partial charge in [0.1, 0.15) is 5.82 Å². The molecule has 14 heavy (non-hydrogen) atoms. The van der Waals surface area contributed by atoms with Crippen molar-refractivity contribution in [2.75, 3.05) is 6.54 Å². The Kier molecular flexibility index (Phi) is 2.50. The van der Waals surface area contributed by atoms with E-state index in [-0.39, 0.29) is 0 Å². The Morgan fingerprint density at radius 3 is 3.07 bits per heavy atom. The van der Waals surface area contributed by atoms with Gasteiger partial charge in [0, 0.05) is 6.54 Å². The summed E-state index contributed by atoms with van der Waals surface area (Å²) in [5.41, 5.74) is 3.46. The van der Waals surface area contributed by atoms with Gasteiger partial charge < -0.3 is 10.3 Å². The zero-order valence-corrected chi connectivity index (χ0v) is 8.59. The molecule has 74 valence electrons. The van der Waals surface area contributed by atoms with Crippen LogP contribution < -0.4 is 5.32 Å². The number of fused-ring (bicyclic) bond motifs is 1. The molecule has 1 aromatic heterocycles. The topological polar surface area (TPSA) is 40.7 Å². The molecule has 1 aromatic carbocycles. The van der Waals surface area contributed by atoms with Gasteiger partial charge in [-0.2, -0.15) is 0 Å². The van der Waals surface area contributed by atoms with Crippen LogP contribution in [0.15, 0.2) is 18.2 Å². The maximum atomic E-state index is 4.36. The number of hydrogen-bond acceptors (Lipinski definition) is 2. The second-order valence-electron chi connectivity index (χ2n) is 3.45. The molecule has 1 heterocycles. The average molecular weight is 189 g/mol. The van der Waals surface area contributed by atoms with E-state index in [2.05, 4.69) is 40.4 Å². The molecule has 3 nitrogen and oxygen atoms in total. The molecule has 3 heteroatoms. The highest BCUT2D eigenvalue weighted by Gasteiger charge is 1.99. The van der Waals surface area contributed by atoms with Crippen molar-refractivity contribution in [3.63, 3.8) is 0 Å². The van der Waals surface area contributed by atoms with Gasteiger partial charge in [0.05, 0.1) is 11.0 Å². The molecule has 0 unspecified atom stereocenters.